The number of aromatic amines is 1. The Kier molecular flexibility index (Phi) is 8.66. The smallest absolute Gasteiger partial charge is 0.277 e. The van der Waals surface area contributed by atoms with Gasteiger partial charge in [0.05, 0.1) is 18.3 Å². The van der Waals surface area contributed by atoms with Crippen LogP contribution in [0.15, 0.2) is 101 Å². The lowest BCUT2D eigenvalue weighted by atomic mass is 10.0. The minimum Gasteiger partial charge on any atom is -0.456 e. The summed E-state index contributed by atoms with van der Waals surface area (Å²) in [5.74, 6) is -0.838. The Bertz CT molecular complexity index is 2210. The summed E-state index contributed by atoms with van der Waals surface area (Å²) < 4.78 is 34.7. The standard InChI is InChI=1S/C26H19F2N3O3.C9H11N3/c1-15(16-6-9-23-20(12-16)18-8-7-17(27)13-24(18)34-23)30-22-14-29-25(31(10-11-32)26(22)33)19-4-2-3-5-21(19)28;1-10-6-8-4-7-5-11-3-2-9(7)12-8/h2-9,11-15,30H,10H2,1H3;2-5,10,12H,6H2,1H3. The molecular weight excluding hydrogens is 590 g/mol. The summed E-state index contributed by atoms with van der Waals surface area (Å²) in [6, 6.07) is 19.7. The molecule has 0 aliphatic heterocycles. The number of H-pyrrole nitrogens is 1. The highest BCUT2D eigenvalue weighted by Crippen LogP contribution is 2.32. The predicted molar refractivity (Wildman–Crippen MR) is 175 cm³/mol. The maximum absolute atomic E-state index is 14.3. The first kappa shape index (κ1) is 30.4. The molecule has 7 aromatic rings. The Hall–Kier alpha value is -5.68. The predicted octanol–water partition coefficient (Wildman–Crippen LogP) is 6.74. The van der Waals surface area contributed by atoms with Crippen molar-refractivity contribution in [1.29, 1.82) is 0 Å². The molecule has 11 heteroatoms. The van der Waals surface area contributed by atoms with Crippen molar-refractivity contribution in [3.63, 3.8) is 0 Å². The van der Waals surface area contributed by atoms with Gasteiger partial charge in [-0.2, -0.15) is 0 Å². The maximum Gasteiger partial charge on any atom is 0.277 e. The van der Waals surface area contributed by atoms with Gasteiger partial charge in [-0.3, -0.25) is 14.3 Å². The first-order chi connectivity index (χ1) is 22.4. The maximum atomic E-state index is 14.3. The number of benzene rings is 3. The van der Waals surface area contributed by atoms with Crippen molar-refractivity contribution in [2.45, 2.75) is 26.1 Å². The molecule has 232 valence electrons. The van der Waals surface area contributed by atoms with Gasteiger partial charge >= 0.3 is 0 Å². The highest BCUT2D eigenvalue weighted by Gasteiger charge is 2.17. The second kappa shape index (κ2) is 13.1. The van der Waals surface area contributed by atoms with Crippen molar-refractivity contribution in [2.24, 2.45) is 0 Å². The van der Waals surface area contributed by atoms with Crippen LogP contribution in [0.1, 0.15) is 24.2 Å². The summed E-state index contributed by atoms with van der Waals surface area (Å²) in [7, 11) is 1.93. The molecule has 1 unspecified atom stereocenters. The molecule has 9 nitrogen and oxygen atoms in total. The summed E-state index contributed by atoms with van der Waals surface area (Å²) in [6.07, 6.45) is 5.57. The van der Waals surface area contributed by atoms with Gasteiger partial charge in [0.2, 0.25) is 0 Å². The molecule has 3 aromatic carbocycles. The number of anilines is 1. The van der Waals surface area contributed by atoms with E-state index in [0.717, 1.165) is 33.0 Å². The summed E-state index contributed by atoms with van der Waals surface area (Å²) in [5, 5.41) is 9.01. The van der Waals surface area contributed by atoms with E-state index in [0.29, 0.717) is 17.5 Å². The Labute approximate surface area is 261 Å². The Morgan fingerprint density at radius 1 is 1.00 bits per heavy atom. The lowest BCUT2D eigenvalue weighted by Crippen LogP contribution is -2.27. The third-order valence-electron chi connectivity index (χ3n) is 7.59. The number of carbonyl (C=O) groups excluding carboxylic acids is 1. The van der Waals surface area contributed by atoms with Crippen molar-refractivity contribution in [3.05, 3.63) is 125 Å². The Balaban J connectivity index is 0.000000259. The number of aldehydes is 1. The first-order valence-corrected chi connectivity index (χ1v) is 14.6. The molecule has 4 heterocycles. The monoisotopic (exact) mass is 620 g/mol. The number of hydrogen-bond acceptors (Lipinski definition) is 7. The lowest BCUT2D eigenvalue weighted by molar-refractivity contribution is -0.108. The van der Waals surface area contributed by atoms with Crippen LogP contribution in [-0.4, -0.2) is 32.9 Å². The van der Waals surface area contributed by atoms with Gasteiger partial charge in [0.25, 0.3) is 5.56 Å². The van der Waals surface area contributed by atoms with Crippen LogP contribution in [-0.2, 0) is 17.9 Å². The van der Waals surface area contributed by atoms with E-state index in [2.05, 4.69) is 31.7 Å². The zero-order valence-electron chi connectivity index (χ0n) is 25.1. The van der Waals surface area contributed by atoms with Crippen LogP contribution < -0.4 is 16.2 Å². The summed E-state index contributed by atoms with van der Waals surface area (Å²) in [6.45, 7) is 2.48. The fourth-order valence-electron chi connectivity index (χ4n) is 5.37. The Morgan fingerprint density at radius 3 is 2.63 bits per heavy atom. The molecule has 0 bridgehead atoms. The second-order valence-corrected chi connectivity index (χ2v) is 10.7. The molecule has 1 atom stereocenters. The topological polar surface area (TPSA) is 118 Å². The van der Waals surface area contributed by atoms with Crippen molar-refractivity contribution >= 4 is 44.8 Å². The number of fused-ring (bicyclic) bond motifs is 4. The molecule has 0 amide bonds. The second-order valence-electron chi connectivity index (χ2n) is 10.7. The highest BCUT2D eigenvalue weighted by molar-refractivity contribution is 6.05. The SMILES string of the molecule is CC(Nc1cnc(-c2ccccc2F)n(CC=O)c1=O)c1ccc2oc3cc(F)ccc3c2c1.CNCc1cc2cnccc2[nH]1. The third kappa shape index (κ3) is 6.13. The van der Waals surface area contributed by atoms with E-state index in [1.807, 2.05) is 38.4 Å². The minimum atomic E-state index is -0.538. The van der Waals surface area contributed by atoms with E-state index < -0.39 is 11.4 Å². The first-order valence-electron chi connectivity index (χ1n) is 14.6. The number of halogens is 2. The number of pyridine rings is 1. The molecular formula is C35H30F2N6O3. The normalized spacial score (nSPS) is 11.8. The average molecular weight is 621 g/mol. The molecule has 0 radical (unpaired) electrons. The summed E-state index contributed by atoms with van der Waals surface area (Å²) in [4.78, 5) is 36.0. The number of aromatic nitrogens is 4. The van der Waals surface area contributed by atoms with E-state index >= 15 is 0 Å². The van der Waals surface area contributed by atoms with Crippen LogP contribution in [0.5, 0.6) is 0 Å². The van der Waals surface area contributed by atoms with Crippen molar-refractivity contribution in [2.75, 3.05) is 12.4 Å². The van der Waals surface area contributed by atoms with Crippen LogP contribution in [0.25, 0.3) is 44.2 Å². The van der Waals surface area contributed by atoms with Crippen LogP contribution in [0.4, 0.5) is 14.5 Å². The van der Waals surface area contributed by atoms with Gasteiger partial charge in [-0.05, 0) is 68.1 Å². The van der Waals surface area contributed by atoms with Gasteiger partial charge in [-0.25, -0.2) is 13.8 Å². The molecule has 7 rings (SSSR count). The van der Waals surface area contributed by atoms with Gasteiger partial charge in [0.15, 0.2) is 0 Å². The van der Waals surface area contributed by atoms with Gasteiger partial charge in [0.1, 0.15) is 40.6 Å². The molecule has 0 aliphatic carbocycles. The van der Waals surface area contributed by atoms with E-state index in [-0.39, 0.29) is 35.5 Å². The Morgan fingerprint density at radius 2 is 1.85 bits per heavy atom. The number of furan rings is 1. The van der Waals surface area contributed by atoms with Crippen LogP contribution >= 0.6 is 0 Å². The number of hydrogen-bond donors (Lipinski definition) is 3. The molecule has 0 saturated heterocycles. The van der Waals surface area contributed by atoms with Crippen molar-refractivity contribution in [1.82, 2.24) is 24.8 Å². The molecule has 0 fully saturated rings. The molecule has 4 aromatic heterocycles. The largest absolute Gasteiger partial charge is 0.456 e. The number of nitrogens with one attached hydrogen (secondary N) is 3. The van der Waals surface area contributed by atoms with Gasteiger partial charge in [-0.1, -0.05) is 18.2 Å². The van der Waals surface area contributed by atoms with Crippen molar-refractivity contribution < 1.29 is 18.0 Å². The number of nitrogens with zero attached hydrogens (tertiary/aromatic N) is 3. The van der Waals surface area contributed by atoms with Crippen LogP contribution in [0.3, 0.4) is 0 Å². The minimum absolute atomic E-state index is 0.0759. The summed E-state index contributed by atoms with van der Waals surface area (Å²) in [5.41, 5.74) is 4.11. The number of rotatable bonds is 8. The van der Waals surface area contributed by atoms with E-state index in [1.54, 1.807) is 24.4 Å². The fraction of sp³-hybridized carbons (Fsp3) is 0.143. The summed E-state index contributed by atoms with van der Waals surface area (Å²) >= 11 is 0. The van der Waals surface area contributed by atoms with E-state index in [9.17, 15) is 18.4 Å². The molecule has 3 N–H and O–H groups in total. The van der Waals surface area contributed by atoms with E-state index in [1.165, 1.54) is 47.6 Å². The lowest BCUT2D eigenvalue weighted by Gasteiger charge is -2.17. The van der Waals surface area contributed by atoms with Gasteiger partial charge in [0, 0.05) is 58.4 Å². The quantitative estimate of drug-likeness (QED) is 0.161. The van der Waals surface area contributed by atoms with Gasteiger partial charge < -0.3 is 24.8 Å². The number of carbonyl (C=O) groups is 1. The zero-order valence-corrected chi connectivity index (χ0v) is 25.1. The van der Waals surface area contributed by atoms with Crippen molar-refractivity contribution in [3.8, 4) is 11.4 Å². The molecule has 46 heavy (non-hydrogen) atoms. The average Bonchev–Trinajstić information content (AvgIpc) is 3.64. The zero-order chi connectivity index (χ0) is 32.2. The van der Waals surface area contributed by atoms with Crippen LogP contribution in [0.2, 0.25) is 0 Å². The molecule has 0 saturated carbocycles. The van der Waals surface area contributed by atoms with Gasteiger partial charge in [-0.15, -0.1) is 0 Å². The highest BCUT2D eigenvalue weighted by atomic mass is 19.1. The van der Waals surface area contributed by atoms with E-state index in [4.69, 9.17) is 4.42 Å². The molecule has 0 aliphatic rings. The van der Waals surface area contributed by atoms with Crippen LogP contribution in [0, 0.1) is 11.6 Å². The molecule has 0 spiro atoms. The fourth-order valence-corrected chi connectivity index (χ4v) is 5.37. The third-order valence-corrected chi connectivity index (χ3v) is 7.59.